The Morgan fingerprint density at radius 3 is 2.71 bits per heavy atom. The first-order valence-electron chi connectivity index (χ1n) is 4.43. The number of rotatable bonds is 3. The highest BCUT2D eigenvalue weighted by Gasteiger charge is 2.30. The average Bonchev–Trinajstić information content (AvgIpc) is 2.46. The molecule has 1 heterocycles. The summed E-state index contributed by atoms with van der Waals surface area (Å²) in [4.78, 5) is 3.84. The van der Waals surface area contributed by atoms with Crippen LogP contribution in [0.2, 0.25) is 0 Å². The molecule has 1 aliphatic rings. The fourth-order valence-electron chi connectivity index (χ4n) is 1.64. The van der Waals surface area contributed by atoms with Gasteiger partial charge in [0.05, 0.1) is 12.8 Å². The molecule has 0 spiro atoms. The Hall–Kier alpha value is -0.820. The minimum absolute atomic E-state index is 0.00495. The van der Waals surface area contributed by atoms with E-state index in [9.17, 15) is 8.42 Å². The largest absolute Gasteiger partial charge is 0.370 e. The molecule has 0 aliphatic carbocycles. The normalized spacial score (nSPS) is 23.6. The first-order valence-corrected chi connectivity index (χ1v) is 6.28. The van der Waals surface area contributed by atoms with Crippen molar-refractivity contribution in [2.24, 2.45) is 16.5 Å². The maximum atomic E-state index is 11.3. The highest BCUT2D eigenvalue weighted by atomic mass is 32.2. The van der Waals surface area contributed by atoms with Gasteiger partial charge in [0, 0.05) is 12.6 Å². The average molecular weight is 220 g/mol. The van der Waals surface area contributed by atoms with E-state index in [2.05, 4.69) is 4.99 Å². The zero-order chi connectivity index (χ0) is 10.8. The second kappa shape index (κ2) is 4.14. The van der Waals surface area contributed by atoms with Crippen LogP contribution in [0.1, 0.15) is 12.8 Å². The van der Waals surface area contributed by atoms with E-state index in [1.807, 2.05) is 0 Å². The minimum Gasteiger partial charge on any atom is -0.370 e. The SMILES string of the molecule is CS(=O)(=O)N1CCC[C@@H]1CN=C(N)N. The summed E-state index contributed by atoms with van der Waals surface area (Å²) in [5, 5.41) is 0. The Balaban J connectivity index is 2.65. The minimum atomic E-state index is -3.12. The molecule has 1 atom stereocenters. The Labute approximate surface area is 84.0 Å². The first-order chi connectivity index (χ1) is 6.41. The van der Waals surface area contributed by atoms with E-state index < -0.39 is 10.0 Å². The molecule has 0 amide bonds. The van der Waals surface area contributed by atoms with E-state index in [1.165, 1.54) is 10.6 Å². The summed E-state index contributed by atoms with van der Waals surface area (Å²) >= 11 is 0. The van der Waals surface area contributed by atoms with Crippen LogP contribution in [0.4, 0.5) is 0 Å². The van der Waals surface area contributed by atoms with Crippen molar-refractivity contribution in [2.45, 2.75) is 18.9 Å². The first kappa shape index (κ1) is 11.3. The van der Waals surface area contributed by atoms with Gasteiger partial charge in [-0.05, 0) is 12.8 Å². The van der Waals surface area contributed by atoms with Gasteiger partial charge in [0.2, 0.25) is 10.0 Å². The van der Waals surface area contributed by atoms with Crippen molar-refractivity contribution in [1.29, 1.82) is 0 Å². The molecule has 1 rings (SSSR count). The maximum Gasteiger partial charge on any atom is 0.211 e. The number of aliphatic imine (C=N–C) groups is 1. The van der Waals surface area contributed by atoms with Crippen LogP contribution in [0, 0.1) is 0 Å². The standard InChI is InChI=1S/C7H16N4O2S/c1-14(12,13)11-4-2-3-6(11)5-10-7(8)9/h6H,2-5H2,1H3,(H4,8,9,10)/t6-/m1/s1. The molecule has 0 bridgehead atoms. The van der Waals surface area contributed by atoms with Crippen molar-refractivity contribution >= 4 is 16.0 Å². The molecule has 0 radical (unpaired) electrons. The zero-order valence-electron chi connectivity index (χ0n) is 8.18. The lowest BCUT2D eigenvalue weighted by atomic mass is 10.2. The van der Waals surface area contributed by atoms with E-state index in [-0.39, 0.29) is 12.0 Å². The molecule has 6 nitrogen and oxygen atoms in total. The lowest BCUT2D eigenvalue weighted by Crippen LogP contribution is -2.37. The van der Waals surface area contributed by atoms with Gasteiger partial charge in [-0.15, -0.1) is 0 Å². The number of hydrogen-bond donors (Lipinski definition) is 2. The van der Waals surface area contributed by atoms with Gasteiger partial charge in [-0.3, -0.25) is 4.99 Å². The molecule has 1 aliphatic heterocycles. The van der Waals surface area contributed by atoms with E-state index in [1.54, 1.807) is 0 Å². The van der Waals surface area contributed by atoms with Gasteiger partial charge in [-0.25, -0.2) is 8.42 Å². The van der Waals surface area contributed by atoms with Crippen molar-refractivity contribution in [3.8, 4) is 0 Å². The molecule has 0 aromatic rings. The summed E-state index contributed by atoms with van der Waals surface area (Å²) in [6.07, 6.45) is 2.91. The van der Waals surface area contributed by atoms with Crippen molar-refractivity contribution in [3.63, 3.8) is 0 Å². The van der Waals surface area contributed by atoms with Crippen LogP contribution in [0.5, 0.6) is 0 Å². The number of hydrogen-bond acceptors (Lipinski definition) is 3. The van der Waals surface area contributed by atoms with Gasteiger partial charge in [-0.1, -0.05) is 0 Å². The van der Waals surface area contributed by atoms with Crippen LogP contribution in [-0.4, -0.2) is 44.1 Å². The Morgan fingerprint density at radius 1 is 1.57 bits per heavy atom. The highest BCUT2D eigenvalue weighted by Crippen LogP contribution is 2.20. The third kappa shape index (κ3) is 2.85. The molecule has 0 aromatic carbocycles. The second-order valence-corrected chi connectivity index (χ2v) is 5.37. The summed E-state index contributed by atoms with van der Waals surface area (Å²) in [5.74, 6) is 0.00495. The van der Waals surface area contributed by atoms with Gasteiger partial charge in [0.15, 0.2) is 5.96 Å². The molecule has 0 unspecified atom stereocenters. The van der Waals surface area contributed by atoms with E-state index in [0.717, 1.165) is 12.8 Å². The fraction of sp³-hybridized carbons (Fsp3) is 0.857. The van der Waals surface area contributed by atoms with Crippen molar-refractivity contribution in [1.82, 2.24) is 4.31 Å². The molecule has 14 heavy (non-hydrogen) atoms. The summed E-state index contributed by atoms with van der Waals surface area (Å²) in [6, 6.07) is -0.0768. The van der Waals surface area contributed by atoms with Crippen LogP contribution in [0.15, 0.2) is 4.99 Å². The molecule has 0 aromatic heterocycles. The monoisotopic (exact) mass is 220 g/mol. The third-order valence-electron chi connectivity index (χ3n) is 2.23. The lowest BCUT2D eigenvalue weighted by Gasteiger charge is -2.20. The van der Waals surface area contributed by atoms with Gasteiger partial charge >= 0.3 is 0 Å². The summed E-state index contributed by atoms with van der Waals surface area (Å²) in [7, 11) is -3.12. The number of guanidine groups is 1. The molecular formula is C7H16N4O2S. The molecule has 0 saturated carbocycles. The molecule has 4 N–H and O–H groups in total. The van der Waals surface area contributed by atoms with Crippen LogP contribution in [0.25, 0.3) is 0 Å². The van der Waals surface area contributed by atoms with Crippen LogP contribution < -0.4 is 11.5 Å². The van der Waals surface area contributed by atoms with E-state index in [4.69, 9.17) is 11.5 Å². The van der Waals surface area contributed by atoms with Crippen LogP contribution in [-0.2, 0) is 10.0 Å². The van der Waals surface area contributed by atoms with Crippen LogP contribution >= 0.6 is 0 Å². The molecule has 1 fully saturated rings. The summed E-state index contributed by atoms with van der Waals surface area (Å²) in [6.45, 7) is 0.929. The fourth-order valence-corrected chi connectivity index (χ4v) is 2.81. The summed E-state index contributed by atoms with van der Waals surface area (Å²) < 4.78 is 24.1. The molecule has 82 valence electrons. The number of sulfonamides is 1. The zero-order valence-corrected chi connectivity index (χ0v) is 9.00. The van der Waals surface area contributed by atoms with Crippen LogP contribution in [0.3, 0.4) is 0 Å². The highest BCUT2D eigenvalue weighted by molar-refractivity contribution is 7.88. The van der Waals surface area contributed by atoms with E-state index >= 15 is 0 Å². The van der Waals surface area contributed by atoms with Gasteiger partial charge in [-0.2, -0.15) is 4.31 Å². The molecule has 7 heteroatoms. The predicted octanol–water partition coefficient (Wildman–Crippen LogP) is -1.32. The Kier molecular flexibility index (Phi) is 3.33. The van der Waals surface area contributed by atoms with Gasteiger partial charge in [0.1, 0.15) is 0 Å². The Bertz CT molecular complexity index is 321. The quantitative estimate of drug-likeness (QED) is 0.455. The van der Waals surface area contributed by atoms with Crippen molar-refractivity contribution in [3.05, 3.63) is 0 Å². The van der Waals surface area contributed by atoms with Gasteiger partial charge < -0.3 is 11.5 Å². The smallest absolute Gasteiger partial charge is 0.211 e. The van der Waals surface area contributed by atoms with E-state index in [0.29, 0.717) is 13.1 Å². The van der Waals surface area contributed by atoms with Crippen molar-refractivity contribution < 1.29 is 8.42 Å². The van der Waals surface area contributed by atoms with Crippen molar-refractivity contribution in [2.75, 3.05) is 19.3 Å². The second-order valence-electron chi connectivity index (χ2n) is 3.44. The lowest BCUT2D eigenvalue weighted by molar-refractivity contribution is 0.397. The topological polar surface area (TPSA) is 102 Å². The molecule has 1 saturated heterocycles. The Morgan fingerprint density at radius 2 is 2.21 bits per heavy atom. The molecular weight excluding hydrogens is 204 g/mol. The summed E-state index contributed by atoms with van der Waals surface area (Å²) in [5.41, 5.74) is 10.4. The predicted molar refractivity (Wildman–Crippen MR) is 55.2 cm³/mol. The van der Waals surface area contributed by atoms with Gasteiger partial charge in [0.25, 0.3) is 0 Å². The number of nitrogens with two attached hydrogens (primary N) is 2. The third-order valence-corrected chi connectivity index (χ3v) is 3.57. The maximum absolute atomic E-state index is 11.3. The number of nitrogens with zero attached hydrogens (tertiary/aromatic N) is 2.